The Labute approximate surface area is 163 Å². The van der Waals surface area contributed by atoms with Crippen molar-refractivity contribution < 1.29 is 24.6 Å². The summed E-state index contributed by atoms with van der Waals surface area (Å²) in [6, 6.07) is 12.7. The number of benzene rings is 2. The summed E-state index contributed by atoms with van der Waals surface area (Å²) in [5, 5.41) is 20.5. The number of hydroxylamine groups is 1. The van der Waals surface area contributed by atoms with Gasteiger partial charge in [0.25, 0.3) is 11.8 Å². The average molecular weight is 387 g/mol. The van der Waals surface area contributed by atoms with Crippen molar-refractivity contribution in [1.82, 2.24) is 10.8 Å². The normalized spacial score (nSPS) is 12.2. The smallest absolute Gasteiger partial charge is 0.267 e. The molecule has 0 aromatic heterocycles. The van der Waals surface area contributed by atoms with E-state index in [-0.39, 0.29) is 6.61 Å². The van der Waals surface area contributed by atoms with Crippen LogP contribution in [0.2, 0.25) is 0 Å². The highest BCUT2D eigenvalue weighted by Crippen LogP contribution is 2.16. The summed E-state index contributed by atoms with van der Waals surface area (Å²) >= 11 is 0. The van der Waals surface area contributed by atoms with Crippen LogP contribution in [0.1, 0.15) is 35.3 Å². The van der Waals surface area contributed by atoms with Gasteiger partial charge in [-0.1, -0.05) is 24.3 Å². The number of amides is 2. The number of ether oxygens (including phenoxy) is 1. The molecule has 150 valence electrons. The van der Waals surface area contributed by atoms with Crippen molar-refractivity contribution >= 4 is 11.8 Å². The van der Waals surface area contributed by atoms with Crippen LogP contribution in [0, 0.1) is 0 Å². The highest BCUT2D eigenvalue weighted by molar-refractivity contribution is 5.97. The maximum atomic E-state index is 12.4. The summed E-state index contributed by atoms with van der Waals surface area (Å²) in [7, 11) is 0. The summed E-state index contributed by atoms with van der Waals surface area (Å²) < 4.78 is 5.69. The third kappa shape index (κ3) is 5.78. The van der Waals surface area contributed by atoms with Crippen molar-refractivity contribution in [3.63, 3.8) is 0 Å². The number of rotatable bonds is 8. The van der Waals surface area contributed by atoms with Crippen LogP contribution in [0.15, 0.2) is 48.5 Å². The van der Waals surface area contributed by atoms with Gasteiger partial charge in [0, 0.05) is 11.1 Å². The molecule has 0 aliphatic rings. The first kappa shape index (κ1) is 21.4. The van der Waals surface area contributed by atoms with Gasteiger partial charge in [0.1, 0.15) is 18.4 Å². The number of hydrogen-bond acceptors (Lipinski definition) is 6. The predicted octanol–water partition coefficient (Wildman–Crippen LogP) is 1.10. The summed E-state index contributed by atoms with van der Waals surface area (Å²) in [6.07, 6.45) is 0. The van der Waals surface area contributed by atoms with Gasteiger partial charge in [-0.25, -0.2) is 5.48 Å². The molecule has 2 amide bonds. The van der Waals surface area contributed by atoms with Gasteiger partial charge in [-0.15, -0.1) is 0 Å². The summed E-state index contributed by atoms with van der Waals surface area (Å²) in [5.74, 6) is -0.741. The SMILES string of the molecule is CC(C)(N)[C@H](NC(=O)c1ccc(OCc2cccc(CO)c2)cc1)C(=O)NO. The molecule has 0 spiro atoms. The van der Waals surface area contributed by atoms with E-state index < -0.39 is 23.4 Å². The Morgan fingerprint density at radius 1 is 1.14 bits per heavy atom. The molecule has 8 nitrogen and oxygen atoms in total. The third-order valence-corrected chi connectivity index (χ3v) is 4.09. The zero-order chi connectivity index (χ0) is 20.7. The number of aliphatic hydroxyl groups excluding tert-OH is 1. The molecule has 0 aliphatic heterocycles. The van der Waals surface area contributed by atoms with Crippen molar-refractivity contribution in [1.29, 1.82) is 0 Å². The van der Waals surface area contributed by atoms with Gasteiger partial charge in [0.05, 0.1) is 6.61 Å². The lowest BCUT2D eigenvalue weighted by atomic mass is 9.95. The molecule has 0 saturated carbocycles. The van der Waals surface area contributed by atoms with E-state index in [4.69, 9.17) is 20.8 Å². The topological polar surface area (TPSA) is 134 Å². The number of carbonyl (C=O) groups excluding carboxylic acids is 2. The second kappa shape index (κ2) is 9.32. The van der Waals surface area contributed by atoms with Crippen LogP contribution in [0.5, 0.6) is 5.75 Å². The molecular formula is C20H25N3O5. The third-order valence-electron chi connectivity index (χ3n) is 4.09. The first-order valence-corrected chi connectivity index (χ1v) is 8.70. The largest absolute Gasteiger partial charge is 0.489 e. The zero-order valence-corrected chi connectivity index (χ0v) is 15.8. The van der Waals surface area contributed by atoms with Crippen LogP contribution >= 0.6 is 0 Å². The first-order valence-electron chi connectivity index (χ1n) is 8.70. The van der Waals surface area contributed by atoms with E-state index >= 15 is 0 Å². The van der Waals surface area contributed by atoms with Gasteiger partial charge in [-0.2, -0.15) is 0 Å². The van der Waals surface area contributed by atoms with Crippen LogP contribution in [0.4, 0.5) is 0 Å². The molecule has 2 aromatic rings. The zero-order valence-electron chi connectivity index (χ0n) is 15.8. The van der Waals surface area contributed by atoms with E-state index in [2.05, 4.69) is 5.32 Å². The summed E-state index contributed by atoms with van der Waals surface area (Å²) in [5.41, 5.74) is 8.36. The van der Waals surface area contributed by atoms with Crippen LogP contribution in [-0.2, 0) is 18.0 Å². The number of nitrogens with two attached hydrogens (primary N) is 1. The maximum Gasteiger partial charge on any atom is 0.267 e. The van der Waals surface area contributed by atoms with Crippen molar-refractivity contribution in [2.75, 3.05) is 0 Å². The molecular weight excluding hydrogens is 362 g/mol. The predicted molar refractivity (Wildman–Crippen MR) is 103 cm³/mol. The molecule has 0 radical (unpaired) electrons. The standard InChI is InChI=1S/C20H25N3O5/c1-20(2,21)17(19(26)23-27)22-18(25)15-6-8-16(9-7-15)28-12-14-5-3-4-13(10-14)11-24/h3-10,17,24,27H,11-12,21H2,1-2H3,(H,22,25)(H,23,26)/t17-/m1/s1. The fraction of sp³-hybridized carbons (Fsp3) is 0.300. The van der Waals surface area contributed by atoms with Crippen molar-refractivity contribution in [3.8, 4) is 5.75 Å². The Hall–Kier alpha value is -2.94. The molecule has 28 heavy (non-hydrogen) atoms. The van der Waals surface area contributed by atoms with Gasteiger partial charge in [0.15, 0.2) is 0 Å². The number of carbonyl (C=O) groups is 2. The minimum Gasteiger partial charge on any atom is -0.489 e. The molecule has 0 bridgehead atoms. The maximum absolute atomic E-state index is 12.4. The van der Waals surface area contributed by atoms with E-state index in [1.54, 1.807) is 38.1 Å². The Morgan fingerprint density at radius 2 is 1.79 bits per heavy atom. The fourth-order valence-corrected chi connectivity index (χ4v) is 2.56. The lowest BCUT2D eigenvalue weighted by Crippen LogP contribution is -2.61. The average Bonchev–Trinajstić information content (AvgIpc) is 2.69. The number of nitrogens with one attached hydrogen (secondary N) is 2. The monoisotopic (exact) mass is 387 g/mol. The Bertz CT molecular complexity index is 815. The quantitative estimate of drug-likeness (QED) is 0.340. The summed E-state index contributed by atoms with van der Waals surface area (Å²) in [4.78, 5) is 24.1. The molecule has 1 atom stereocenters. The Morgan fingerprint density at radius 3 is 2.36 bits per heavy atom. The van der Waals surface area contributed by atoms with Gasteiger partial charge in [-0.05, 0) is 49.2 Å². The minimum absolute atomic E-state index is 0.0352. The highest BCUT2D eigenvalue weighted by atomic mass is 16.5. The molecule has 0 fully saturated rings. The van der Waals surface area contributed by atoms with Crippen LogP contribution < -0.4 is 21.3 Å². The van der Waals surface area contributed by atoms with E-state index in [1.165, 1.54) is 5.48 Å². The fourth-order valence-electron chi connectivity index (χ4n) is 2.56. The van der Waals surface area contributed by atoms with Crippen LogP contribution in [-0.4, -0.2) is 33.7 Å². The van der Waals surface area contributed by atoms with Crippen LogP contribution in [0.25, 0.3) is 0 Å². The number of hydrogen-bond donors (Lipinski definition) is 5. The molecule has 0 saturated heterocycles. The highest BCUT2D eigenvalue weighted by Gasteiger charge is 2.33. The lowest BCUT2D eigenvalue weighted by molar-refractivity contribution is -0.132. The second-order valence-electron chi connectivity index (χ2n) is 7.00. The van der Waals surface area contributed by atoms with E-state index in [1.807, 2.05) is 24.3 Å². The van der Waals surface area contributed by atoms with Gasteiger partial charge in [0.2, 0.25) is 0 Å². The molecule has 0 aliphatic carbocycles. The molecule has 6 N–H and O–H groups in total. The van der Waals surface area contributed by atoms with Crippen LogP contribution in [0.3, 0.4) is 0 Å². The van der Waals surface area contributed by atoms with E-state index in [0.717, 1.165) is 11.1 Å². The Kier molecular flexibility index (Phi) is 7.11. The minimum atomic E-state index is -1.11. The summed E-state index contributed by atoms with van der Waals surface area (Å²) in [6.45, 7) is 3.41. The van der Waals surface area contributed by atoms with E-state index in [0.29, 0.717) is 17.9 Å². The van der Waals surface area contributed by atoms with Crippen molar-refractivity contribution in [3.05, 3.63) is 65.2 Å². The van der Waals surface area contributed by atoms with Gasteiger partial charge >= 0.3 is 0 Å². The van der Waals surface area contributed by atoms with Crippen molar-refractivity contribution in [2.45, 2.75) is 38.6 Å². The van der Waals surface area contributed by atoms with Crippen molar-refractivity contribution in [2.24, 2.45) is 5.73 Å². The molecule has 0 unspecified atom stereocenters. The first-order chi connectivity index (χ1) is 13.2. The molecule has 8 heteroatoms. The molecule has 2 aromatic carbocycles. The Balaban J connectivity index is 2.00. The second-order valence-corrected chi connectivity index (χ2v) is 7.00. The number of aliphatic hydroxyl groups is 1. The van der Waals surface area contributed by atoms with E-state index in [9.17, 15) is 9.59 Å². The molecule has 2 rings (SSSR count). The molecule has 0 heterocycles. The van der Waals surface area contributed by atoms with Gasteiger partial charge < -0.3 is 20.9 Å². The van der Waals surface area contributed by atoms with Gasteiger partial charge in [-0.3, -0.25) is 14.8 Å². The lowest BCUT2D eigenvalue weighted by Gasteiger charge is -2.29.